The van der Waals surface area contributed by atoms with Crippen LogP contribution in [-0.2, 0) is 13.5 Å². The molecule has 3 rings (SSSR count). The number of aryl methyl sites for hydroxylation is 1. The van der Waals surface area contributed by atoms with Crippen molar-refractivity contribution in [3.05, 3.63) is 46.1 Å². The molecule has 1 fully saturated rings. The van der Waals surface area contributed by atoms with E-state index >= 15 is 0 Å². The number of piperidine rings is 1. The van der Waals surface area contributed by atoms with E-state index in [4.69, 9.17) is 4.74 Å². The van der Waals surface area contributed by atoms with Crippen molar-refractivity contribution >= 4 is 6.03 Å². The zero-order valence-electron chi connectivity index (χ0n) is 17.7. The van der Waals surface area contributed by atoms with Crippen molar-refractivity contribution in [2.24, 2.45) is 7.05 Å². The Morgan fingerprint density at radius 2 is 2.03 bits per heavy atom. The quantitative estimate of drug-likeness (QED) is 0.805. The molecule has 1 N–H and O–H groups in total. The molecule has 0 saturated carbocycles. The zero-order chi connectivity index (χ0) is 21.0. The van der Waals surface area contributed by atoms with Gasteiger partial charge in [0.1, 0.15) is 11.6 Å². The molecule has 2 aromatic rings. The van der Waals surface area contributed by atoms with E-state index in [0.717, 1.165) is 42.9 Å². The molecule has 158 valence electrons. The lowest BCUT2D eigenvalue weighted by atomic mass is 9.97. The molecular formula is C21H31N5O3. The SMILES string of the molecule is COc1ccc(CCNC(=O)N2CCCC(c3nn(C)c(=O)n3C(C)C)C2)cc1. The number of benzene rings is 1. The van der Waals surface area contributed by atoms with E-state index in [0.29, 0.717) is 13.1 Å². The van der Waals surface area contributed by atoms with E-state index in [-0.39, 0.29) is 23.7 Å². The van der Waals surface area contributed by atoms with Crippen molar-refractivity contribution in [2.75, 3.05) is 26.7 Å². The number of likely N-dealkylation sites (tertiary alicyclic amines) is 1. The number of hydrogen-bond donors (Lipinski definition) is 1. The summed E-state index contributed by atoms with van der Waals surface area (Å²) in [7, 11) is 3.32. The molecule has 8 heteroatoms. The van der Waals surface area contributed by atoms with Gasteiger partial charge in [0.2, 0.25) is 0 Å². The molecule has 0 spiro atoms. The van der Waals surface area contributed by atoms with E-state index in [2.05, 4.69) is 10.4 Å². The number of methoxy groups -OCH3 is 1. The number of nitrogens with one attached hydrogen (secondary N) is 1. The maximum atomic E-state index is 12.7. The smallest absolute Gasteiger partial charge is 0.345 e. The second-order valence-corrected chi connectivity index (χ2v) is 7.84. The van der Waals surface area contributed by atoms with Gasteiger partial charge in [-0.2, -0.15) is 5.10 Å². The van der Waals surface area contributed by atoms with Gasteiger partial charge < -0.3 is 15.0 Å². The lowest BCUT2D eigenvalue weighted by Gasteiger charge is -2.32. The van der Waals surface area contributed by atoms with Crippen LogP contribution in [0.15, 0.2) is 29.1 Å². The molecule has 0 bridgehead atoms. The first-order chi connectivity index (χ1) is 13.9. The van der Waals surface area contributed by atoms with E-state index < -0.39 is 0 Å². The second-order valence-electron chi connectivity index (χ2n) is 7.84. The maximum Gasteiger partial charge on any atom is 0.345 e. The first-order valence-electron chi connectivity index (χ1n) is 10.2. The summed E-state index contributed by atoms with van der Waals surface area (Å²) in [6, 6.07) is 7.85. The van der Waals surface area contributed by atoms with Crippen LogP contribution in [0, 0.1) is 0 Å². The predicted octanol–water partition coefficient (Wildman–Crippen LogP) is 2.30. The number of aromatic nitrogens is 3. The lowest BCUT2D eigenvalue weighted by molar-refractivity contribution is 0.177. The molecule has 1 unspecified atom stereocenters. The topological polar surface area (TPSA) is 81.4 Å². The standard InChI is InChI=1S/C21H31N5O3/c1-15(2)26-19(23-24(3)21(26)28)17-6-5-13-25(14-17)20(27)22-12-11-16-7-9-18(29-4)10-8-16/h7-10,15,17H,5-6,11-14H2,1-4H3,(H,22,27). The number of rotatable bonds is 6. The monoisotopic (exact) mass is 401 g/mol. The number of carbonyl (C=O) groups excluding carboxylic acids is 1. The summed E-state index contributed by atoms with van der Waals surface area (Å²) in [4.78, 5) is 26.9. The van der Waals surface area contributed by atoms with Crippen LogP contribution < -0.4 is 15.7 Å². The van der Waals surface area contributed by atoms with Crippen molar-refractivity contribution in [1.82, 2.24) is 24.6 Å². The molecular weight excluding hydrogens is 370 g/mol. The number of nitrogens with zero attached hydrogens (tertiary/aromatic N) is 4. The Labute approximate surface area is 171 Å². The highest BCUT2D eigenvalue weighted by Crippen LogP contribution is 2.26. The largest absolute Gasteiger partial charge is 0.497 e. The third-order valence-corrected chi connectivity index (χ3v) is 5.42. The Hall–Kier alpha value is -2.77. The number of carbonyl (C=O) groups is 1. The maximum absolute atomic E-state index is 12.7. The summed E-state index contributed by atoms with van der Waals surface area (Å²) in [6.07, 6.45) is 2.60. The second kappa shape index (κ2) is 9.15. The molecule has 1 saturated heterocycles. The molecule has 2 heterocycles. The van der Waals surface area contributed by atoms with Crippen LogP contribution in [0.5, 0.6) is 5.75 Å². The Morgan fingerprint density at radius 1 is 1.31 bits per heavy atom. The fourth-order valence-corrected chi connectivity index (χ4v) is 3.85. The van der Waals surface area contributed by atoms with E-state index in [1.807, 2.05) is 43.0 Å². The van der Waals surface area contributed by atoms with Crippen molar-refractivity contribution in [3.8, 4) is 5.75 Å². The summed E-state index contributed by atoms with van der Waals surface area (Å²) in [6.45, 7) is 5.85. The molecule has 1 aliphatic rings. The predicted molar refractivity (Wildman–Crippen MR) is 111 cm³/mol. The molecule has 8 nitrogen and oxygen atoms in total. The summed E-state index contributed by atoms with van der Waals surface area (Å²) in [5.74, 6) is 1.68. The zero-order valence-corrected chi connectivity index (χ0v) is 17.7. The van der Waals surface area contributed by atoms with Gasteiger partial charge in [0.25, 0.3) is 0 Å². The number of urea groups is 1. The van der Waals surface area contributed by atoms with Gasteiger partial charge in [-0.3, -0.25) is 4.57 Å². The van der Waals surface area contributed by atoms with Crippen molar-refractivity contribution in [3.63, 3.8) is 0 Å². The molecule has 2 amide bonds. The minimum absolute atomic E-state index is 0.0416. The fraction of sp³-hybridized carbons (Fsp3) is 0.571. The van der Waals surface area contributed by atoms with Gasteiger partial charge in [-0.25, -0.2) is 14.3 Å². The summed E-state index contributed by atoms with van der Waals surface area (Å²) in [5.41, 5.74) is 1.05. The normalized spacial score (nSPS) is 16.9. The van der Waals surface area contributed by atoms with Crippen molar-refractivity contribution in [1.29, 1.82) is 0 Å². The third-order valence-electron chi connectivity index (χ3n) is 5.42. The van der Waals surface area contributed by atoms with Crippen LogP contribution in [-0.4, -0.2) is 52.0 Å². The van der Waals surface area contributed by atoms with Gasteiger partial charge in [-0.1, -0.05) is 12.1 Å². The van der Waals surface area contributed by atoms with E-state index in [9.17, 15) is 9.59 Å². The van der Waals surface area contributed by atoms with Crippen LogP contribution >= 0.6 is 0 Å². The minimum Gasteiger partial charge on any atom is -0.497 e. The Bertz CT molecular complexity index is 885. The molecule has 1 aromatic carbocycles. The van der Waals surface area contributed by atoms with Crippen LogP contribution in [0.3, 0.4) is 0 Å². The van der Waals surface area contributed by atoms with Crippen LogP contribution in [0.1, 0.15) is 50.0 Å². The Morgan fingerprint density at radius 3 is 2.69 bits per heavy atom. The number of ether oxygens (including phenoxy) is 1. The third kappa shape index (κ3) is 4.81. The average molecular weight is 402 g/mol. The van der Waals surface area contributed by atoms with Crippen molar-refractivity contribution in [2.45, 2.75) is 45.1 Å². The molecule has 0 radical (unpaired) electrons. The summed E-state index contributed by atoms with van der Waals surface area (Å²) < 4.78 is 8.30. The average Bonchev–Trinajstić information content (AvgIpc) is 3.03. The fourth-order valence-electron chi connectivity index (χ4n) is 3.85. The van der Waals surface area contributed by atoms with Crippen LogP contribution in [0.2, 0.25) is 0 Å². The van der Waals surface area contributed by atoms with Gasteiger partial charge in [-0.15, -0.1) is 0 Å². The molecule has 29 heavy (non-hydrogen) atoms. The number of hydrogen-bond acceptors (Lipinski definition) is 4. The first kappa shape index (κ1) is 21.0. The summed E-state index contributed by atoms with van der Waals surface area (Å²) in [5, 5.41) is 7.48. The van der Waals surface area contributed by atoms with Gasteiger partial charge in [0.15, 0.2) is 0 Å². The van der Waals surface area contributed by atoms with Crippen molar-refractivity contribution < 1.29 is 9.53 Å². The molecule has 1 aromatic heterocycles. The highest BCUT2D eigenvalue weighted by Gasteiger charge is 2.29. The Kier molecular flexibility index (Phi) is 6.61. The van der Waals surface area contributed by atoms with Gasteiger partial charge in [-0.05, 0) is 50.8 Å². The van der Waals surface area contributed by atoms with Gasteiger partial charge in [0.05, 0.1) is 7.11 Å². The molecule has 1 aliphatic heterocycles. The highest BCUT2D eigenvalue weighted by molar-refractivity contribution is 5.74. The number of amides is 2. The summed E-state index contributed by atoms with van der Waals surface area (Å²) >= 11 is 0. The van der Waals surface area contributed by atoms with Crippen LogP contribution in [0.25, 0.3) is 0 Å². The molecule has 1 atom stereocenters. The minimum atomic E-state index is -0.101. The lowest BCUT2D eigenvalue weighted by Crippen LogP contribution is -2.46. The van der Waals surface area contributed by atoms with E-state index in [1.54, 1.807) is 18.7 Å². The first-order valence-corrected chi connectivity index (χ1v) is 10.2. The van der Waals surface area contributed by atoms with E-state index in [1.165, 1.54) is 4.68 Å². The van der Waals surface area contributed by atoms with Gasteiger partial charge >= 0.3 is 11.7 Å². The molecule has 0 aliphatic carbocycles. The Balaban J connectivity index is 1.58. The highest BCUT2D eigenvalue weighted by atomic mass is 16.5. The van der Waals surface area contributed by atoms with Crippen LogP contribution in [0.4, 0.5) is 4.79 Å². The van der Waals surface area contributed by atoms with Gasteiger partial charge in [0, 0.05) is 38.6 Å².